The van der Waals surface area contributed by atoms with Gasteiger partial charge < -0.3 is 15.4 Å². The van der Waals surface area contributed by atoms with Crippen molar-refractivity contribution in [3.05, 3.63) is 60.8 Å². The van der Waals surface area contributed by atoms with Gasteiger partial charge in [-0.1, -0.05) is 6.07 Å². The Morgan fingerprint density at radius 2 is 1.92 bits per heavy atom. The van der Waals surface area contributed by atoms with Gasteiger partial charge in [-0.15, -0.1) is 0 Å². The largest absolute Gasteiger partial charge is 0.494 e. The minimum absolute atomic E-state index is 0.106. The molecule has 1 heterocycles. The van der Waals surface area contributed by atoms with Crippen molar-refractivity contribution in [2.45, 2.75) is 19.9 Å². The molecular weight excluding hydrogens is 314 g/mol. The first-order chi connectivity index (χ1) is 12.2. The van der Waals surface area contributed by atoms with Crippen LogP contribution in [-0.4, -0.2) is 23.5 Å². The Hall–Kier alpha value is -3.08. The molecule has 0 saturated carbocycles. The highest BCUT2D eigenvalue weighted by molar-refractivity contribution is 6.03. The summed E-state index contributed by atoms with van der Waals surface area (Å²) in [6, 6.07) is 16.7. The first-order valence-corrected chi connectivity index (χ1v) is 8.31. The lowest BCUT2D eigenvalue weighted by molar-refractivity contribution is -0.116. The fourth-order valence-corrected chi connectivity index (χ4v) is 2.58. The zero-order valence-corrected chi connectivity index (χ0v) is 14.3. The molecule has 1 atom stereocenters. The van der Waals surface area contributed by atoms with Crippen LogP contribution in [0.3, 0.4) is 0 Å². The maximum absolute atomic E-state index is 12.5. The summed E-state index contributed by atoms with van der Waals surface area (Å²) >= 11 is 0. The number of amides is 1. The third-order valence-corrected chi connectivity index (χ3v) is 3.85. The van der Waals surface area contributed by atoms with Crippen LogP contribution in [0.1, 0.15) is 13.8 Å². The molecule has 0 bridgehead atoms. The molecule has 5 nitrogen and oxygen atoms in total. The molecule has 0 aliphatic carbocycles. The third kappa shape index (κ3) is 4.07. The van der Waals surface area contributed by atoms with Crippen LogP contribution in [0.25, 0.3) is 10.9 Å². The van der Waals surface area contributed by atoms with Crippen LogP contribution in [0.2, 0.25) is 0 Å². The Morgan fingerprint density at radius 1 is 1.12 bits per heavy atom. The van der Waals surface area contributed by atoms with Crippen LogP contribution in [0.4, 0.5) is 11.4 Å². The highest BCUT2D eigenvalue weighted by Gasteiger charge is 2.14. The molecule has 128 valence electrons. The molecule has 0 aliphatic heterocycles. The molecule has 25 heavy (non-hydrogen) atoms. The van der Waals surface area contributed by atoms with Gasteiger partial charge in [0.25, 0.3) is 0 Å². The van der Waals surface area contributed by atoms with E-state index in [2.05, 4.69) is 15.6 Å². The molecule has 3 rings (SSSR count). The van der Waals surface area contributed by atoms with E-state index in [9.17, 15) is 4.79 Å². The van der Waals surface area contributed by atoms with E-state index >= 15 is 0 Å². The summed E-state index contributed by atoms with van der Waals surface area (Å²) in [4.78, 5) is 16.8. The average molecular weight is 335 g/mol. The number of ether oxygens (including phenoxy) is 1. The molecule has 0 spiro atoms. The normalized spacial score (nSPS) is 11.8. The maximum Gasteiger partial charge on any atom is 0.246 e. The monoisotopic (exact) mass is 335 g/mol. The summed E-state index contributed by atoms with van der Waals surface area (Å²) < 4.78 is 5.42. The van der Waals surface area contributed by atoms with Gasteiger partial charge in [-0.3, -0.25) is 9.78 Å². The SMILES string of the molecule is CCOc1ccc(NC(C)C(=O)Nc2cccc3ncccc23)cc1. The second-order valence-electron chi connectivity index (χ2n) is 5.69. The van der Waals surface area contributed by atoms with Gasteiger partial charge in [-0.05, 0) is 62.4 Å². The second-order valence-corrected chi connectivity index (χ2v) is 5.69. The molecule has 5 heteroatoms. The van der Waals surface area contributed by atoms with Crippen molar-refractivity contribution in [2.24, 2.45) is 0 Å². The van der Waals surface area contributed by atoms with Gasteiger partial charge in [0.05, 0.1) is 17.8 Å². The number of carbonyl (C=O) groups is 1. The van der Waals surface area contributed by atoms with Crippen LogP contribution in [0.5, 0.6) is 5.75 Å². The predicted octanol–water partition coefficient (Wildman–Crippen LogP) is 4.07. The Labute approximate surface area is 147 Å². The number of nitrogens with one attached hydrogen (secondary N) is 2. The first kappa shape index (κ1) is 16.8. The number of anilines is 2. The lowest BCUT2D eigenvalue weighted by atomic mass is 10.1. The van der Waals surface area contributed by atoms with Crippen molar-refractivity contribution in [3.8, 4) is 5.75 Å². The summed E-state index contributed by atoms with van der Waals surface area (Å²) in [5.41, 5.74) is 2.48. The quantitative estimate of drug-likeness (QED) is 0.713. The molecule has 0 fully saturated rings. The number of benzene rings is 2. The molecule has 0 radical (unpaired) electrons. The van der Waals surface area contributed by atoms with E-state index in [4.69, 9.17) is 4.74 Å². The van der Waals surface area contributed by atoms with Gasteiger partial charge in [0.15, 0.2) is 0 Å². The van der Waals surface area contributed by atoms with Gasteiger partial charge in [-0.2, -0.15) is 0 Å². The minimum atomic E-state index is -0.384. The highest BCUT2D eigenvalue weighted by Crippen LogP contribution is 2.22. The van der Waals surface area contributed by atoms with Gasteiger partial charge in [-0.25, -0.2) is 0 Å². The van der Waals surface area contributed by atoms with Crippen LogP contribution in [-0.2, 0) is 4.79 Å². The summed E-state index contributed by atoms with van der Waals surface area (Å²) in [7, 11) is 0. The zero-order chi connectivity index (χ0) is 17.6. The molecular formula is C20H21N3O2. The molecule has 0 aliphatic rings. The summed E-state index contributed by atoms with van der Waals surface area (Å²) in [6.07, 6.45) is 1.74. The van der Waals surface area contributed by atoms with E-state index in [1.54, 1.807) is 6.20 Å². The molecule has 1 unspecified atom stereocenters. The van der Waals surface area contributed by atoms with E-state index in [1.165, 1.54) is 0 Å². The average Bonchev–Trinajstić information content (AvgIpc) is 2.64. The van der Waals surface area contributed by atoms with Crippen molar-refractivity contribution in [3.63, 3.8) is 0 Å². The maximum atomic E-state index is 12.5. The summed E-state index contributed by atoms with van der Waals surface area (Å²) in [5, 5.41) is 7.09. The van der Waals surface area contributed by atoms with Crippen molar-refractivity contribution in [1.29, 1.82) is 0 Å². The summed E-state index contributed by atoms with van der Waals surface area (Å²) in [6.45, 7) is 4.40. The van der Waals surface area contributed by atoms with Crippen molar-refractivity contribution in [2.75, 3.05) is 17.2 Å². The number of nitrogens with zero attached hydrogens (tertiary/aromatic N) is 1. The van der Waals surface area contributed by atoms with Gasteiger partial charge in [0.2, 0.25) is 5.91 Å². The molecule has 0 saturated heterocycles. The Kier molecular flexibility index (Phi) is 5.14. The number of hydrogen-bond acceptors (Lipinski definition) is 4. The molecule has 3 aromatic rings. The van der Waals surface area contributed by atoms with Crippen LogP contribution in [0.15, 0.2) is 60.8 Å². The molecule has 2 N–H and O–H groups in total. The van der Waals surface area contributed by atoms with E-state index in [1.807, 2.05) is 68.4 Å². The van der Waals surface area contributed by atoms with E-state index in [-0.39, 0.29) is 11.9 Å². The number of fused-ring (bicyclic) bond motifs is 1. The fourth-order valence-electron chi connectivity index (χ4n) is 2.58. The van der Waals surface area contributed by atoms with Gasteiger partial charge in [0.1, 0.15) is 11.8 Å². The topological polar surface area (TPSA) is 63.2 Å². The zero-order valence-electron chi connectivity index (χ0n) is 14.3. The summed E-state index contributed by atoms with van der Waals surface area (Å²) in [5.74, 6) is 0.707. The number of pyridine rings is 1. The number of hydrogen-bond donors (Lipinski definition) is 2. The highest BCUT2D eigenvalue weighted by atomic mass is 16.5. The van der Waals surface area contributed by atoms with Gasteiger partial charge in [0, 0.05) is 17.3 Å². The lowest BCUT2D eigenvalue weighted by Gasteiger charge is -2.16. The smallest absolute Gasteiger partial charge is 0.246 e. The van der Waals surface area contributed by atoms with E-state index in [0.717, 1.165) is 28.0 Å². The van der Waals surface area contributed by atoms with Crippen molar-refractivity contribution < 1.29 is 9.53 Å². The van der Waals surface area contributed by atoms with E-state index < -0.39 is 0 Å². The Bertz CT molecular complexity index is 857. The second kappa shape index (κ2) is 7.66. The number of carbonyl (C=O) groups excluding carboxylic acids is 1. The van der Waals surface area contributed by atoms with Crippen LogP contribution in [0, 0.1) is 0 Å². The molecule has 1 aromatic heterocycles. The van der Waals surface area contributed by atoms with Gasteiger partial charge >= 0.3 is 0 Å². The fraction of sp³-hybridized carbons (Fsp3) is 0.200. The van der Waals surface area contributed by atoms with Crippen molar-refractivity contribution >= 4 is 28.2 Å². The Balaban J connectivity index is 1.68. The number of rotatable bonds is 6. The molecule has 1 amide bonds. The third-order valence-electron chi connectivity index (χ3n) is 3.85. The van der Waals surface area contributed by atoms with Crippen LogP contribution >= 0.6 is 0 Å². The first-order valence-electron chi connectivity index (χ1n) is 8.31. The Morgan fingerprint density at radius 3 is 2.68 bits per heavy atom. The van der Waals surface area contributed by atoms with E-state index in [0.29, 0.717) is 6.61 Å². The standard InChI is InChI=1S/C20H21N3O2/c1-3-25-16-11-9-15(10-12-16)22-14(2)20(24)23-19-8-4-7-18-17(19)6-5-13-21-18/h4-14,22H,3H2,1-2H3,(H,23,24). The number of aromatic nitrogens is 1. The predicted molar refractivity (Wildman–Crippen MR) is 101 cm³/mol. The minimum Gasteiger partial charge on any atom is -0.494 e. The van der Waals surface area contributed by atoms with Crippen molar-refractivity contribution in [1.82, 2.24) is 4.98 Å². The van der Waals surface area contributed by atoms with Crippen LogP contribution < -0.4 is 15.4 Å². The molecule has 2 aromatic carbocycles. The lowest BCUT2D eigenvalue weighted by Crippen LogP contribution is -2.31.